The van der Waals surface area contributed by atoms with E-state index >= 15 is 0 Å². The third kappa shape index (κ3) is 4.45. The van der Waals surface area contributed by atoms with E-state index in [-0.39, 0.29) is 21.8 Å². The summed E-state index contributed by atoms with van der Waals surface area (Å²) in [6, 6.07) is 9.15. The minimum atomic E-state index is -3.30. The number of sulfonamides is 1. The van der Waals surface area contributed by atoms with E-state index in [1.54, 1.807) is 28.7 Å². The maximum atomic E-state index is 12.5. The third-order valence-corrected chi connectivity index (χ3v) is 8.97. The van der Waals surface area contributed by atoms with Gasteiger partial charge in [0, 0.05) is 37.3 Å². The van der Waals surface area contributed by atoms with Crippen molar-refractivity contribution in [2.45, 2.75) is 41.9 Å². The van der Waals surface area contributed by atoms with Crippen molar-refractivity contribution in [2.24, 2.45) is 0 Å². The molecular formula is C20H24N2O6S2. The van der Waals surface area contributed by atoms with Crippen LogP contribution < -0.4 is 10.3 Å². The molecule has 162 valence electrons. The summed E-state index contributed by atoms with van der Waals surface area (Å²) in [5.41, 5.74) is 0.255. The molecule has 1 saturated carbocycles. The highest BCUT2D eigenvalue weighted by Gasteiger charge is 2.41. The summed E-state index contributed by atoms with van der Waals surface area (Å²) in [5.74, 6) is 0.438. The van der Waals surface area contributed by atoms with Crippen molar-refractivity contribution in [3.05, 3.63) is 52.9 Å². The minimum absolute atomic E-state index is 0.139. The van der Waals surface area contributed by atoms with E-state index < -0.39 is 19.9 Å². The first-order chi connectivity index (χ1) is 14.1. The highest BCUT2D eigenvalue weighted by molar-refractivity contribution is 7.90. The van der Waals surface area contributed by atoms with Crippen molar-refractivity contribution in [2.75, 3.05) is 19.3 Å². The van der Waals surface area contributed by atoms with Crippen molar-refractivity contribution in [3.63, 3.8) is 0 Å². The maximum Gasteiger partial charge on any atom is 0.258 e. The second kappa shape index (κ2) is 7.82. The number of pyridine rings is 1. The standard InChI is InChI=1S/C20H24N2O6S2/c1-29(24,25)18-4-2-15(3-5-18)22-13-10-17(14-20(22)23)28-16-8-11-21(12-9-16)30(26,27)19-6-7-19/h2-5,10,13-14,16,19H,6-9,11-12H2,1H3. The molecule has 1 saturated heterocycles. The van der Waals surface area contributed by atoms with Crippen LogP contribution >= 0.6 is 0 Å². The Kier molecular flexibility index (Phi) is 5.50. The monoisotopic (exact) mass is 452 g/mol. The smallest absolute Gasteiger partial charge is 0.258 e. The second-order valence-electron chi connectivity index (χ2n) is 7.80. The van der Waals surface area contributed by atoms with E-state index in [1.807, 2.05) is 0 Å². The van der Waals surface area contributed by atoms with Gasteiger partial charge < -0.3 is 4.74 Å². The molecule has 2 fully saturated rings. The zero-order valence-corrected chi connectivity index (χ0v) is 18.2. The minimum Gasteiger partial charge on any atom is -0.490 e. The van der Waals surface area contributed by atoms with Crippen LogP contribution in [0.15, 0.2) is 52.3 Å². The van der Waals surface area contributed by atoms with Gasteiger partial charge in [-0.2, -0.15) is 0 Å². The molecule has 4 rings (SSSR count). The van der Waals surface area contributed by atoms with Crippen molar-refractivity contribution in [1.82, 2.24) is 8.87 Å². The molecular weight excluding hydrogens is 428 g/mol. The highest BCUT2D eigenvalue weighted by atomic mass is 32.2. The average molecular weight is 453 g/mol. The summed E-state index contributed by atoms with van der Waals surface area (Å²) in [6.45, 7) is 0.875. The third-order valence-electron chi connectivity index (χ3n) is 5.44. The molecule has 2 aliphatic rings. The van der Waals surface area contributed by atoms with Gasteiger partial charge in [-0.1, -0.05) is 0 Å². The van der Waals surface area contributed by atoms with Gasteiger partial charge in [0.2, 0.25) is 10.0 Å². The lowest BCUT2D eigenvalue weighted by molar-refractivity contribution is 0.134. The van der Waals surface area contributed by atoms with Gasteiger partial charge in [0.25, 0.3) is 5.56 Å². The molecule has 1 aliphatic heterocycles. The van der Waals surface area contributed by atoms with Crippen molar-refractivity contribution in [1.29, 1.82) is 0 Å². The van der Waals surface area contributed by atoms with E-state index in [2.05, 4.69) is 0 Å². The predicted octanol–water partition coefficient (Wildman–Crippen LogP) is 1.58. The second-order valence-corrected chi connectivity index (χ2v) is 12.0. The summed E-state index contributed by atoms with van der Waals surface area (Å²) in [4.78, 5) is 12.7. The van der Waals surface area contributed by atoms with Gasteiger partial charge >= 0.3 is 0 Å². The van der Waals surface area contributed by atoms with Crippen LogP contribution in [0, 0.1) is 0 Å². The van der Waals surface area contributed by atoms with Gasteiger partial charge in [-0.05, 0) is 56.0 Å². The summed E-state index contributed by atoms with van der Waals surface area (Å²) < 4.78 is 56.6. The van der Waals surface area contributed by atoms with Gasteiger partial charge in [-0.15, -0.1) is 0 Å². The molecule has 1 aromatic carbocycles. The van der Waals surface area contributed by atoms with Crippen LogP contribution in [0.4, 0.5) is 0 Å². The molecule has 2 heterocycles. The number of sulfone groups is 1. The molecule has 0 unspecified atom stereocenters. The van der Waals surface area contributed by atoms with Crippen LogP contribution in [-0.2, 0) is 19.9 Å². The van der Waals surface area contributed by atoms with Gasteiger partial charge in [0.05, 0.1) is 10.1 Å². The maximum absolute atomic E-state index is 12.5. The van der Waals surface area contributed by atoms with Crippen LogP contribution in [0.1, 0.15) is 25.7 Å². The number of rotatable bonds is 6. The van der Waals surface area contributed by atoms with E-state index in [0.717, 1.165) is 19.1 Å². The Labute approximate surface area is 176 Å². The van der Waals surface area contributed by atoms with Gasteiger partial charge in [-0.25, -0.2) is 21.1 Å². The number of nitrogens with zero attached hydrogens (tertiary/aromatic N) is 2. The SMILES string of the molecule is CS(=O)(=O)c1ccc(-n2ccc(OC3CCN(S(=O)(=O)C4CC4)CC3)cc2=O)cc1. The van der Waals surface area contributed by atoms with Gasteiger partial charge in [0.15, 0.2) is 9.84 Å². The largest absolute Gasteiger partial charge is 0.490 e. The first kappa shape index (κ1) is 21.1. The average Bonchev–Trinajstić information content (AvgIpc) is 3.54. The fourth-order valence-corrected chi connectivity index (χ4v) is 6.08. The first-order valence-corrected chi connectivity index (χ1v) is 13.2. The molecule has 0 N–H and O–H groups in total. The van der Waals surface area contributed by atoms with Crippen LogP contribution in [0.3, 0.4) is 0 Å². The molecule has 0 bridgehead atoms. The van der Waals surface area contributed by atoms with Gasteiger partial charge in [0.1, 0.15) is 11.9 Å². The summed E-state index contributed by atoms with van der Waals surface area (Å²) >= 11 is 0. The van der Waals surface area contributed by atoms with Crippen molar-refractivity contribution >= 4 is 19.9 Å². The van der Waals surface area contributed by atoms with Crippen LogP contribution in [0.2, 0.25) is 0 Å². The van der Waals surface area contributed by atoms with E-state index in [9.17, 15) is 21.6 Å². The Morgan fingerprint density at radius 3 is 2.10 bits per heavy atom. The Bertz CT molecular complexity index is 1190. The Morgan fingerprint density at radius 2 is 1.57 bits per heavy atom. The zero-order valence-electron chi connectivity index (χ0n) is 16.6. The molecule has 2 aromatic rings. The fraction of sp³-hybridized carbons (Fsp3) is 0.450. The molecule has 30 heavy (non-hydrogen) atoms. The molecule has 0 amide bonds. The van der Waals surface area contributed by atoms with Crippen LogP contribution in [-0.4, -0.2) is 56.4 Å². The van der Waals surface area contributed by atoms with E-state index in [1.165, 1.54) is 22.8 Å². The molecule has 8 nitrogen and oxygen atoms in total. The Balaban J connectivity index is 1.41. The van der Waals surface area contributed by atoms with Gasteiger partial charge in [-0.3, -0.25) is 9.36 Å². The topological polar surface area (TPSA) is 103 Å². The number of hydrogen-bond acceptors (Lipinski definition) is 6. The molecule has 0 spiro atoms. The lowest BCUT2D eigenvalue weighted by Gasteiger charge is -2.31. The summed E-state index contributed by atoms with van der Waals surface area (Å²) in [5, 5.41) is -0.200. The molecule has 1 aliphatic carbocycles. The lowest BCUT2D eigenvalue weighted by Crippen LogP contribution is -2.43. The van der Waals surface area contributed by atoms with E-state index in [4.69, 9.17) is 4.74 Å². The number of aromatic nitrogens is 1. The molecule has 0 atom stereocenters. The summed E-state index contributed by atoms with van der Waals surface area (Å²) in [6.07, 6.45) is 5.26. The molecule has 10 heteroatoms. The number of hydrogen-bond donors (Lipinski definition) is 0. The first-order valence-electron chi connectivity index (χ1n) is 9.83. The number of benzene rings is 1. The number of ether oxygens (including phenoxy) is 1. The highest BCUT2D eigenvalue weighted by Crippen LogP contribution is 2.32. The Morgan fingerprint density at radius 1 is 0.933 bits per heavy atom. The molecule has 0 radical (unpaired) electrons. The van der Waals surface area contributed by atoms with Crippen LogP contribution in [0.25, 0.3) is 5.69 Å². The Hall–Kier alpha value is -2.17. The number of piperidine rings is 1. The van der Waals surface area contributed by atoms with Crippen molar-refractivity contribution < 1.29 is 21.6 Å². The quantitative estimate of drug-likeness (QED) is 0.659. The van der Waals surface area contributed by atoms with Crippen molar-refractivity contribution in [3.8, 4) is 11.4 Å². The lowest BCUT2D eigenvalue weighted by atomic mass is 10.1. The normalized spacial score (nSPS) is 19.0. The summed E-state index contributed by atoms with van der Waals surface area (Å²) in [7, 11) is -6.45. The van der Waals surface area contributed by atoms with Crippen LogP contribution in [0.5, 0.6) is 5.75 Å². The predicted molar refractivity (Wildman–Crippen MR) is 112 cm³/mol. The fourth-order valence-electron chi connectivity index (χ4n) is 3.57. The molecule has 1 aromatic heterocycles. The zero-order chi connectivity index (χ0) is 21.5. The van der Waals surface area contributed by atoms with E-state index in [0.29, 0.717) is 37.4 Å².